The molecule has 3 heteroatoms. The van der Waals surface area contributed by atoms with Crippen LogP contribution in [0.25, 0.3) is 11.0 Å². The third-order valence-electron chi connectivity index (χ3n) is 6.29. The summed E-state index contributed by atoms with van der Waals surface area (Å²) >= 11 is 0. The van der Waals surface area contributed by atoms with Gasteiger partial charge in [0.15, 0.2) is 0 Å². The van der Waals surface area contributed by atoms with E-state index in [9.17, 15) is 4.39 Å². The molecule has 2 bridgehead atoms. The Bertz CT molecular complexity index is 692. The number of fused-ring (bicyclic) bond motifs is 6. The zero-order chi connectivity index (χ0) is 14.1. The molecule has 110 valence electrons. The van der Waals surface area contributed by atoms with Crippen LogP contribution >= 0.6 is 0 Å². The Balaban J connectivity index is 1.49. The van der Waals surface area contributed by atoms with Crippen molar-refractivity contribution in [1.29, 1.82) is 0 Å². The first-order valence-electron chi connectivity index (χ1n) is 8.12. The first kappa shape index (κ1) is 12.2. The van der Waals surface area contributed by atoms with Crippen molar-refractivity contribution in [3.05, 3.63) is 35.8 Å². The molecule has 2 nitrogen and oxygen atoms in total. The average molecular weight is 285 g/mol. The quantitative estimate of drug-likeness (QED) is 0.917. The first-order chi connectivity index (χ1) is 10.3. The molecule has 1 aromatic carbocycles. The molecule has 3 aliphatic rings. The van der Waals surface area contributed by atoms with Crippen LogP contribution in [0.15, 0.2) is 28.7 Å². The summed E-state index contributed by atoms with van der Waals surface area (Å²) in [6, 6.07) is 7.08. The molecule has 5 unspecified atom stereocenters. The number of hydrogen-bond donors (Lipinski definition) is 1. The third kappa shape index (κ3) is 1.61. The zero-order valence-corrected chi connectivity index (χ0v) is 12.2. The Morgan fingerprint density at radius 1 is 1.19 bits per heavy atom. The van der Waals surface area contributed by atoms with E-state index in [1.165, 1.54) is 25.3 Å². The fourth-order valence-electron chi connectivity index (χ4n) is 5.55. The monoisotopic (exact) mass is 285 g/mol. The standard InChI is InChI=1S/C18H20FNO/c1-20-18(17-15-9-2-3-10(6-9)16(15)17)14-8-11-7-12(19)4-5-13(11)21-14/h4-5,7-10,15-18,20H,2-3,6H2,1H3. The number of rotatable bonds is 3. The second-order valence-electron chi connectivity index (χ2n) is 7.16. The van der Waals surface area contributed by atoms with Crippen LogP contribution < -0.4 is 5.32 Å². The van der Waals surface area contributed by atoms with Crippen molar-refractivity contribution in [2.45, 2.75) is 25.3 Å². The van der Waals surface area contributed by atoms with Crippen LogP contribution in [0.5, 0.6) is 0 Å². The molecule has 1 aromatic heterocycles. The minimum absolute atomic E-state index is 0.197. The van der Waals surface area contributed by atoms with Gasteiger partial charge in [0.25, 0.3) is 0 Å². The largest absolute Gasteiger partial charge is 0.459 e. The van der Waals surface area contributed by atoms with Gasteiger partial charge in [-0.2, -0.15) is 0 Å². The summed E-state index contributed by atoms with van der Waals surface area (Å²) in [7, 11) is 2.02. The average Bonchev–Trinajstić information content (AvgIpc) is 2.83. The van der Waals surface area contributed by atoms with E-state index in [2.05, 4.69) is 5.32 Å². The van der Waals surface area contributed by atoms with Crippen LogP contribution in [0.3, 0.4) is 0 Å². The fraction of sp³-hybridized carbons (Fsp3) is 0.556. The Morgan fingerprint density at radius 2 is 1.95 bits per heavy atom. The van der Waals surface area contributed by atoms with Crippen LogP contribution in [-0.4, -0.2) is 7.05 Å². The van der Waals surface area contributed by atoms with E-state index in [-0.39, 0.29) is 5.82 Å². The van der Waals surface area contributed by atoms with Gasteiger partial charge in [-0.1, -0.05) is 0 Å². The molecular weight excluding hydrogens is 265 g/mol. The third-order valence-corrected chi connectivity index (χ3v) is 6.29. The number of benzene rings is 1. The van der Waals surface area contributed by atoms with Gasteiger partial charge in [-0.15, -0.1) is 0 Å². The van der Waals surface area contributed by atoms with Crippen LogP contribution in [0.2, 0.25) is 0 Å². The van der Waals surface area contributed by atoms with Crippen molar-refractivity contribution < 1.29 is 8.81 Å². The second-order valence-corrected chi connectivity index (χ2v) is 7.16. The lowest BCUT2D eigenvalue weighted by atomic mass is 9.96. The summed E-state index contributed by atoms with van der Waals surface area (Å²) in [5.41, 5.74) is 0.792. The van der Waals surface area contributed by atoms with Crippen molar-refractivity contribution in [3.63, 3.8) is 0 Å². The van der Waals surface area contributed by atoms with Gasteiger partial charge in [0.2, 0.25) is 0 Å². The van der Waals surface area contributed by atoms with E-state index in [1.54, 1.807) is 12.1 Å². The summed E-state index contributed by atoms with van der Waals surface area (Å²) in [6.45, 7) is 0. The molecule has 2 aromatic rings. The van der Waals surface area contributed by atoms with E-state index < -0.39 is 0 Å². The highest BCUT2D eigenvalue weighted by Crippen LogP contribution is 2.72. The maximum absolute atomic E-state index is 13.3. The molecule has 1 N–H and O–H groups in total. The van der Waals surface area contributed by atoms with Crippen LogP contribution in [-0.2, 0) is 0 Å². The second kappa shape index (κ2) is 4.10. The summed E-state index contributed by atoms with van der Waals surface area (Å²) < 4.78 is 19.3. The van der Waals surface area contributed by atoms with Gasteiger partial charge < -0.3 is 9.73 Å². The van der Waals surface area contributed by atoms with Crippen molar-refractivity contribution in [1.82, 2.24) is 5.32 Å². The molecule has 0 radical (unpaired) electrons. The van der Waals surface area contributed by atoms with E-state index in [4.69, 9.17) is 4.42 Å². The predicted molar refractivity (Wildman–Crippen MR) is 79.3 cm³/mol. The van der Waals surface area contributed by atoms with Gasteiger partial charge in [-0.3, -0.25) is 0 Å². The van der Waals surface area contributed by atoms with Crippen LogP contribution in [0, 0.1) is 35.4 Å². The van der Waals surface area contributed by atoms with Gasteiger partial charge in [0, 0.05) is 5.39 Å². The topological polar surface area (TPSA) is 25.2 Å². The Labute approximate surface area is 123 Å². The Hall–Kier alpha value is -1.35. The maximum atomic E-state index is 13.3. The summed E-state index contributed by atoms with van der Waals surface area (Å²) in [5.74, 6) is 5.25. The predicted octanol–water partition coefficient (Wildman–Crippen LogP) is 4.12. The highest BCUT2D eigenvalue weighted by molar-refractivity contribution is 5.78. The number of nitrogens with one attached hydrogen (secondary N) is 1. The van der Waals surface area contributed by atoms with Gasteiger partial charge >= 0.3 is 0 Å². The fourth-order valence-corrected chi connectivity index (χ4v) is 5.55. The SMILES string of the molecule is CNC(c1cc2cc(F)ccc2o1)C1C2C3CCC(C3)C21. The van der Waals surface area contributed by atoms with Gasteiger partial charge in [0.05, 0.1) is 6.04 Å². The Morgan fingerprint density at radius 3 is 2.67 bits per heavy atom. The minimum atomic E-state index is -0.197. The summed E-state index contributed by atoms with van der Waals surface area (Å²) in [5, 5.41) is 4.34. The molecule has 0 amide bonds. The van der Waals surface area contributed by atoms with Gasteiger partial charge in [-0.05, 0) is 80.2 Å². The van der Waals surface area contributed by atoms with Gasteiger partial charge in [0.1, 0.15) is 17.2 Å². The van der Waals surface area contributed by atoms with E-state index in [0.29, 0.717) is 6.04 Å². The lowest BCUT2D eigenvalue weighted by molar-refractivity contribution is 0.345. The normalized spacial score (nSPS) is 37.9. The Kier molecular flexibility index (Phi) is 2.38. The molecule has 3 fully saturated rings. The van der Waals surface area contributed by atoms with Crippen molar-refractivity contribution in [2.75, 3.05) is 7.05 Å². The van der Waals surface area contributed by atoms with Crippen molar-refractivity contribution in [2.24, 2.45) is 29.6 Å². The van der Waals surface area contributed by atoms with Crippen LogP contribution in [0.1, 0.15) is 31.1 Å². The summed E-state index contributed by atoms with van der Waals surface area (Å²) in [4.78, 5) is 0. The summed E-state index contributed by atoms with van der Waals surface area (Å²) in [6.07, 6.45) is 4.34. The number of furan rings is 1. The molecular formula is C18H20FNO. The molecule has 1 heterocycles. The number of hydrogen-bond acceptors (Lipinski definition) is 2. The smallest absolute Gasteiger partial charge is 0.134 e. The lowest BCUT2D eigenvalue weighted by Crippen LogP contribution is -2.21. The highest BCUT2D eigenvalue weighted by Gasteiger charge is 2.67. The van der Waals surface area contributed by atoms with Crippen molar-refractivity contribution in [3.8, 4) is 0 Å². The lowest BCUT2D eigenvalue weighted by Gasteiger charge is -2.17. The van der Waals surface area contributed by atoms with Crippen molar-refractivity contribution >= 4 is 11.0 Å². The minimum Gasteiger partial charge on any atom is -0.459 e. The molecule has 0 aliphatic heterocycles. The molecule has 0 saturated heterocycles. The molecule has 3 aliphatic carbocycles. The zero-order valence-electron chi connectivity index (χ0n) is 12.2. The molecule has 5 rings (SSSR count). The number of halogens is 1. The highest BCUT2D eigenvalue weighted by atomic mass is 19.1. The van der Waals surface area contributed by atoms with E-state index in [1.807, 2.05) is 13.1 Å². The van der Waals surface area contributed by atoms with Gasteiger partial charge in [-0.25, -0.2) is 4.39 Å². The molecule has 5 atom stereocenters. The molecule has 21 heavy (non-hydrogen) atoms. The molecule has 0 spiro atoms. The van der Waals surface area contributed by atoms with E-state index >= 15 is 0 Å². The first-order valence-corrected chi connectivity index (χ1v) is 8.12. The molecule has 3 saturated carbocycles. The van der Waals surface area contributed by atoms with E-state index in [0.717, 1.165) is 46.3 Å². The maximum Gasteiger partial charge on any atom is 0.134 e. The van der Waals surface area contributed by atoms with Crippen LogP contribution in [0.4, 0.5) is 4.39 Å².